The van der Waals surface area contributed by atoms with Crippen LogP contribution < -0.4 is 19.8 Å². The Morgan fingerprint density at radius 3 is 2.46 bits per heavy atom. The number of ketones is 1. The van der Waals surface area contributed by atoms with Gasteiger partial charge in [-0.1, -0.05) is 43.7 Å². The van der Waals surface area contributed by atoms with Gasteiger partial charge in [0.05, 0.1) is 25.4 Å². The predicted octanol–water partition coefficient (Wildman–Crippen LogP) is 6.17. The van der Waals surface area contributed by atoms with Crippen LogP contribution in [0.1, 0.15) is 61.2 Å². The first-order chi connectivity index (χ1) is 21.8. The Labute approximate surface area is 268 Å². The molecule has 0 saturated carbocycles. The summed E-state index contributed by atoms with van der Waals surface area (Å²) in [7, 11) is 1.59. The van der Waals surface area contributed by atoms with E-state index >= 15 is 0 Å². The van der Waals surface area contributed by atoms with E-state index in [4.69, 9.17) is 23.4 Å². The van der Waals surface area contributed by atoms with Crippen molar-refractivity contribution in [1.82, 2.24) is 0 Å². The lowest BCUT2D eigenvalue weighted by Gasteiger charge is -2.46. The van der Waals surface area contributed by atoms with Gasteiger partial charge in [0.1, 0.15) is 17.4 Å². The second kappa shape index (κ2) is 13.3. The number of carbonyl (C=O) groups is 1. The van der Waals surface area contributed by atoms with Gasteiger partial charge in [-0.3, -0.25) is 4.79 Å². The van der Waals surface area contributed by atoms with E-state index in [0.717, 1.165) is 23.1 Å². The van der Waals surface area contributed by atoms with Gasteiger partial charge in [-0.25, -0.2) is 4.79 Å². The first kappa shape index (κ1) is 33.2. The Bertz CT molecular complexity index is 1810. The fourth-order valence-corrected chi connectivity index (χ4v) is 5.76. The molecule has 2 N–H and O–H groups in total. The first-order valence-electron chi connectivity index (χ1n) is 15.6. The van der Waals surface area contributed by atoms with Crippen LogP contribution in [0.2, 0.25) is 0 Å². The van der Waals surface area contributed by atoms with E-state index in [-0.39, 0.29) is 35.0 Å². The SMILES string of the molecule is CCCOc1cc2cc(CC(=O)c3ccc(OC)c(-c4cccc(C)c4)c3)c(=O)oc2c(C)c1OC1OC(C)(C)[C@H](C)[C@H](O)[C@@H]1O. The molecule has 2 heterocycles. The van der Waals surface area contributed by atoms with Crippen molar-refractivity contribution in [3.63, 3.8) is 0 Å². The molecule has 46 heavy (non-hydrogen) atoms. The molecule has 0 aliphatic carbocycles. The molecule has 1 aromatic heterocycles. The average Bonchev–Trinajstić information content (AvgIpc) is 3.03. The number of Topliss-reactive ketones (excluding diaryl/α,β-unsaturated/α-hetero) is 1. The van der Waals surface area contributed by atoms with Gasteiger partial charge >= 0.3 is 5.63 Å². The number of ether oxygens (including phenoxy) is 4. The van der Waals surface area contributed by atoms with Gasteiger partial charge in [-0.15, -0.1) is 0 Å². The molecule has 1 saturated heterocycles. The summed E-state index contributed by atoms with van der Waals surface area (Å²) >= 11 is 0. The number of rotatable bonds is 10. The monoisotopic (exact) mass is 630 g/mol. The molecule has 244 valence electrons. The number of aliphatic hydroxyl groups excluding tert-OH is 2. The molecule has 3 aromatic carbocycles. The van der Waals surface area contributed by atoms with Crippen LogP contribution in [0, 0.1) is 19.8 Å². The van der Waals surface area contributed by atoms with E-state index in [1.807, 2.05) is 52.0 Å². The fraction of sp³-hybridized carbons (Fsp3) is 0.405. The second-order valence-corrected chi connectivity index (χ2v) is 12.5. The Morgan fingerprint density at radius 2 is 1.76 bits per heavy atom. The van der Waals surface area contributed by atoms with Crippen molar-refractivity contribution in [3.8, 4) is 28.4 Å². The predicted molar refractivity (Wildman–Crippen MR) is 175 cm³/mol. The normalized spacial score (nSPS) is 20.8. The lowest BCUT2D eigenvalue weighted by molar-refractivity contribution is -0.285. The minimum Gasteiger partial charge on any atom is -0.496 e. The average molecular weight is 631 g/mol. The Balaban J connectivity index is 1.49. The first-order valence-corrected chi connectivity index (χ1v) is 15.6. The standard InChI is InChI=1S/C37H42O9/c1-8-14-43-30-19-25-16-26(18-28(38)24-12-13-29(42-7)27(17-24)23-11-9-10-20(2)15-23)35(41)44-33(25)21(3)34(30)45-36-32(40)31(39)22(4)37(5,6)46-36/h9-13,15-17,19,22,31-32,36,39-40H,8,14,18H2,1-7H3/t22-,31+,32+,36?/m1/s1. The molecule has 5 rings (SSSR count). The molecule has 0 spiro atoms. The quantitative estimate of drug-likeness (QED) is 0.156. The summed E-state index contributed by atoms with van der Waals surface area (Å²) in [6.45, 7) is 11.5. The third-order valence-corrected chi connectivity index (χ3v) is 8.80. The zero-order valence-electron chi connectivity index (χ0n) is 27.4. The summed E-state index contributed by atoms with van der Waals surface area (Å²) in [6.07, 6.45) is -3.04. The highest BCUT2D eigenvalue weighted by Crippen LogP contribution is 2.41. The molecule has 1 aliphatic rings. The molecule has 0 radical (unpaired) electrons. The second-order valence-electron chi connectivity index (χ2n) is 12.5. The molecule has 1 unspecified atom stereocenters. The zero-order chi connectivity index (χ0) is 33.3. The van der Waals surface area contributed by atoms with Crippen molar-refractivity contribution >= 4 is 16.8 Å². The van der Waals surface area contributed by atoms with Gasteiger partial charge in [-0.2, -0.15) is 0 Å². The van der Waals surface area contributed by atoms with Crippen LogP contribution in [0.4, 0.5) is 0 Å². The highest BCUT2D eigenvalue weighted by molar-refractivity contribution is 5.99. The van der Waals surface area contributed by atoms with Gasteiger partial charge in [0.25, 0.3) is 0 Å². The van der Waals surface area contributed by atoms with E-state index in [1.54, 1.807) is 51.3 Å². The number of benzene rings is 3. The zero-order valence-corrected chi connectivity index (χ0v) is 27.4. The van der Waals surface area contributed by atoms with Crippen molar-refractivity contribution in [1.29, 1.82) is 0 Å². The van der Waals surface area contributed by atoms with E-state index < -0.39 is 29.7 Å². The molecule has 0 bridgehead atoms. The van der Waals surface area contributed by atoms with Crippen molar-refractivity contribution in [2.75, 3.05) is 13.7 Å². The van der Waals surface area contributed by atoms with Crippen LogP contribution in [0.25, 0.3) is 22.1 Å². The molecular formula is C37H42O9. The minimum absolute atomic E-state index is 0.173. The highest BCUT2D eigenvalue weighted by Gasteiger charge is 2.48. The molecule has 4 atom stereocenters. The van der Waals surface area contributed by atoms with Crippen LogP contribution in [-0.2, 0) is 11.2 Å². The minimum atomic E-state index is -1.32. The van der Waals surface area contributed by atoms with E-state index in [0.29, 0.717) is 34.6 Å². The Kier molecular flexibility index (Phi) is 9.58. The summed E-state index contributed by atoms with van der Waals surface area (Å²) in [5, 5.41) is 22.0. The number of aliphatic hydroxyl groups is 2. The maximum atomic E-state index is 13.5. The lowest BCUT2D eigenvalue weighted by Crippen LogP contribution is -2.59. The molecule has 9 nitrogen and oxygen atoms in total. The molecule has 4 aromatic rings. The largest absolute Gasteiger partial charge is 0.496 e. The third-order valence-electron chi connectivity index (χ3n) is 8.80. The molecule has 9 heteroatoms. The summed E-state index contributed by atoms with van der Waals surface area (Å²) < 4.78 is 29.6. The van der Waals surface area contributed by atoms with Crippen molar-refractivity contribution in [2.24, 2.45) is 5.92 Å². The maximum absolute atomic E-state index is 13.5. The van der Waals surface area contributed by atoms with Gasteiger partial charge < -0.3 is 33.6 Å². The van der Waals surface area contributed by atoms with Crippen LogP contribution in [0.5, 0.6) is 17.2 Å². The lowest BCUT2D eigenvalue weighted by atomic mass is 9.82. The smallest absolute Gasteiger partial charge is 0.339 e. The van der Waals surface area contributed by atoms with Crippen LogP contribution in [0.3, 0.4) is 0 Å². The summed E-state index contributed by atoms with van der Waals surface area (Å²) in [6, 6.07) is 16.5. The van der Waals surface area contributed by atoms with Crippen LogP contribution in [0.15, 0.2) is 63.8 Å². The number of hydrogen-bond donors (Lipinski definition) is 2. The number of aryl methyl sites for hydroxylation is 2. The Hall–Kier alpha value is -4.18. The third kappa shape index (κ3) is 6.54. The fourth-order valence-electron chi connectivity index (χ4n) is 5.76. The van der Waals surface area contributed by atoms with Crippen molar-refractivity contribution < 1.29 is 38.4 Å². The van der Waals surface area contributed by atoms with Crippen LogP contribution >= 0.6 is 0 Å². The summed E-state index contributed by atoms with van der Waals surface area (Å²) in [4.78, 5) is 26.8. The molecule has 0 amide bonds. The van der Waals surface area contributed by atoms with Crippen LogP contribution in [-0.4, -0.2) is 53.8 Å². The van der Waals surface area contributed by atoms with Gasteiger partial charge in [0, 0.05) is 40.0 Å². The number of hydrogen-bond acceptors (Lipinski definition) is 9. The molecule has 1 fully saturated rings. The molecule has 1 aliphatic heterocycles. The van der Waals surface area contributed by atoms with Crippen molar-refractivity contribution in [3.05, 3.63) is 87.3 Å². The van der Waals surface area contributed by atoms with Gasteiger partial charge in [-0.05, 0) is 70.0 Å². The van der Waals surface area contributed by atoms with Gasteiger partial charge in [0.2, 0.25) is 6.29 Å². The molecular weight excluding hydrogens is 588 g/mol. The summed E-state index contributed by atoms with van der Waals surface area (Å²) in [5.74, 6) is 0.636. The Morgan fingerprint density at radius 1 is 1.00 bits per heavy atom. The maximum Gasteiger partial charge on any atom is 0.339 e. The van der Waals surface area contributed by atoms with E-state index in [2.05, 4.69) is 0 Å². The summed E-state index contributed by atoms with van der Waals surface area (Å²) in [5.41, 5.74) is 2.70. The number of carbonyl (C=O) groups excluding carboxylic acids is 1. The topological polar surface area (TPSA) is 125 Å². The number of fused-ring (bicyclic) bond motifs is 1. The van der Waals surface area contributed by atoms with Gasteiger partial charge in [0.15, 0.2) is 17.3 Å². The van der Waals surface area contributed by atoms with E-state index in [1.165, 1.54) is 0 Å². The number of methoxy groups -OCH3 is 1. The highest BCUT2D eigenvalue weighted by atomic mass is 16.7. The van der Waals surface area contributed by atoms with E-state index in [9.17, 15) is 19.8 Å². The van der Waals surface area contributed by atoms with Crippen molar-refractivity contribution in [2.45, 2.75) is 78.5 Å².